The number of rotatable bonds is 8. The van der Waals surface area contributed by atoms with Crippen LogP contribution in [0.2, 0.25) is 0 Å². The van der Waals surface area contributed by atoms with Crippen molar-refractivity contribution in [1.82, 2.24) is 0 Å². The van der Waals surface area contributed by atoms with Crippen molar-refractivity contribution in [2.24, 2.45) is 5.92 Å². The third-order valence-corrected chi connectivity index (χ3v) is 4.97. The van der Waals surface area contributed by atoms with E-state index in [-0.39, 0.29) is 30.8 Å². The van der Waals surface area contributed by atoms with E-state index in [0.29, 0.717) is 22.6 Å². The summed E-state index contributed by atoms with van der Waals surface area (Å²) in [6, 6.07) is 12.9. The van der Waals surface area contributed by atoms with Gasteiger partial charge in [-0.15, -0.1) is 0 Å². The number of hydrogen-bond acceptors (Lipinski definition) is 7. The molecular formula is C24H25NO7. The number of nitrogens with zero attached hydrogens (tertiary/aromatic N) is 1. The van der Waals surface area contributed by atoms with Crippen LogP contribution < -0.4 is 9.64 Å². The van der Waals surface area contributed by atoms with Gasteiger partial charge in [-0.25, -0.2) is 4.79 Å². The predicted molar refractivity (Wildman–Crippen MR) is 116 cm³/mol. The first-order valence-corrected chi connectivity index (χ1v) is 10.2. The van der Waals surface area contributed by atoms with Gasteiger partial charge in [-0.2, -0.15) is 0 Å². The van der Waals surface area contributed by atoms with Crippen LogP contribution in [-0.2, 0) is 19.1 Å². The summed E-state index contributed by atoms with van der Waals surface area (Å²) in [5.41, 5.74) is 1.35. The van der Waals surface area contributed by atoms with E-state index in [9.17, 15) is 19.2 Å². The molecule has 1 fully saturated rings. The van der Waals surface area contributed by atoms with Crippen LogP contribution in [0.1, 0.15) is 41.0 Å². The van der Waals surface area contributed by atoms with E-state index in [2.05, 4.69) is 0 Å². The van der Waals surface area contributed by atoms with Gasteiger partial charge in [0, 0.05) is 24.2 Å². The van der Waals surface area contributed by atoms with Gasteiger partial charge in [-0.1, -0.05) is 0 Å². The largest absolute Gasteiger partial charge is 0.497 e. The zero-order valence-electron chi connectivity index (χ0n) is 18.2. The Morgan fingerprint density at radius 1 is 1.00 bits per heavy atom. The first-order valence-electron chi connectivity index (χ1n) is 10.2. The number of Topliss-reactive ketones (excluding diaryl/α,β-unsaturated/α-hetero) is 1. The normalized spacial score (nSPS) is 15.6. The standard InChI is InChI=1S/C24H25NO7/c1-15(2)32-24(29)17-4-8-19(9-5-17)25-13-18(12-22(25)27)23(28)31-14-21(26)16-6-10-20(30-3)11-7-16/h4-11,15,18H,12-14H2,1-3H3. The fourth-order valence-corrected chi connectivity index (χ4v) is 3.29. The maximum atomic E-state index is 12.4. The third-order valence-electron chi connectivity index (χ3n) is 4.97. The molecule has 0 N–H and O–H groups in total. The highest BCUT2D eigenvalue weighted by atomic mass is 16.5. The molecule has 32 heavy (non-hydrogen) atoms. The van der Waals surface area contributed by atoms with Crippen LogP contribution in [-0.4, -0.2) is 50.0 Å². The monoisotopic (exact) mass is 439 g/mol. The fourth-order valence-electron chi connectivity index (χ4n) is 3.29. The molecule has 3 rings (SSSR count). The molecule has 8 nitrogen and oxygen atoms in total. The lowest BCUT2D eigenvalue weighted by atomic mass is 10.1. The van der Waals surface area contributed by atoms with Crippen LogP contribution in [0.15, 0.2) is 48.5 Å². The fraction of sp³-hybridized carbons (Fsp3) is 0.333. The summed E-state index contributed by atoms with van der Waals surface area (Å²) in [4.78, 5) is 50.5. The van der Waals surface area contributed by atoms with Crippen molar-refractivity contribution in [2.45, 2.75) is 26.4 Å². The van der Waals surface area contributed by atoms with E-state index in [0.717, 1.165) is 0 Å². The molecule has 1 aliphatic heterocycles. The quantitative estimate of drug-likeness (QED) is 0.460. The molecule has 8 heteroatoms. The molecule has 1 saturated heterocycles. The summed E-state index contributed by atoms with van der Waals surface area (Å²) >= 11 is 0. The number of carbonyl (C=O) groups is 4. The lowest BCUT2D eigenvalue weighted by molar-refractivity contribution is -0.147. The highest BCUT2D eigenvalue weighted by Gasteiger charge is 2.36. The third kappa shape index (κ3) is 5.51. The maximum Gasteiger partial charge on any atom is 0.338 e. The van der Waals surface area contributed by atoms with Crippen molar-refractivity contribution >= 4 is 29.3 Å². The molecule has 1 unspecified atom stereocenters. The van der Waals surface area contributed by atoms with Gasteiger partial charge in [-0.05, 0) is 62.4 Å². The van der Waals surface area contributed by atoms with Gasteiger partial charge in [0.05, 0.1) is 24.7 Å². The first-order chi connectivity index (χ1) is 15.3. The average molecular weight is 439 g/mol. The van der Waals surface area contributed by atoms with Crippen LogP contribution in [0.3, 0.4) is 0 Å². The molecule has 0 aromatic heterocycles. The van der Waals surface area contributed by atoms with Gasteiger partial charge in [0.2, 0.25) is 5.91 Å². The highest BCUT2D eigenvalue weighted by Crippen LogP contribution is 2.26. The van der Waals surface area contributed by atoms with Crippen LogP contribution in [0, 0.1) is 5.92 Å². The number of anilines is 1. The number of esters is 2. The molecule has 1 amide bonds. The van der Waals surface area contributed by atoms with E-state index in [1.165, 1.54) is 12.0 Å². The minimum absolute atomic E-state index is 0.00724. The molecule has 0 aliphatic carbocycles. The molecule has 0 saturated carbocycles. The van der Waals surface area contributed by atoms with Gasteiger partial charge < -0.3 is 19.1 Å². The smallest absolute Gasteiger partial charge is 0.338 e. The number of ketones is 1. The van der Waals surface area contributed by atoms with Gasteiger partial charge in [0.15, 0.2) is 12.4 Å². The average Bonchev–Trinajstić information content (AvgIpc) is 3.18. The number of benzene rings is 2. The Hall–Kier alpha value is -3.68. The number of ether oxygens (including phenoxy) is 3. The molecule has 1 atom stereocenters. The second-order valence-electron chi connectivity index (χ2n) is 7.67. The van der Waals surface area contributed by atoms with Crippen LogP contribution in [0.25, 0.3) is 0 Å². The second kappa shape index (κ2) is 10.1. The molecule has 0 spiro atoms. The highest BCUT2D eigenvalue weighted by molar-refractivity contribution is 6.01. The van der Waals surface area contributed by atoms with Crippen molar-refractivity contribution < 1.29 is 33.4 Å². The minimum atomic E-state index is -0.670. The summed E-state index contributed by atoms with van der Waals surface area (Å²) in [7, 11) is 1.53. The zero-order valence-corrected chi connectivity index (χ0v) is 18.2. The Kier molecular flexibility index (Phi) is 7.25. The van der Waals surface area contributed by atoms with E-state index >= 15 is 0 Å². The van der Waals surface area contributed by atoms with Crippen molar-refractivity contribution in [3.63, 3.8) is 0 Å². The Labute approximate surface area is 186 Å². The summed E-state index contributed by atoms with van der Waals surface area (Å²) in [6.07, 6.45) is -0.238. The molecule has 2 aromatic rings. The molecular weight excluding hydrogens is 414 g/mol. The topological polar surface area (TPSA) is 99.2 Å². The predicted octanol–water partition coefficient (Wildman–Crippen LogP) is 3.04. The second-order valence-corrected chi connectivity index (χ2v) is 7.67. The lowest BCUT2D eigenvalue weighted by Crippen LogP contribution is -2.27. The van der Waals surface area contributed by atoms with Crippen LogP contribution >= 0.6 is 0 Å². The lowest BCUT2D eigenvalue weighted by Gasteiger charge is -2.17. The maximum absolute atomic E-state index is 12.4. The SMILES string of the molecule is COc1ccc(C(=O)COC(=O)C2CC(=O)N(c3ccc(C(=O)OC(C)C)cc3)C2)cc1. The van der Waals surface area contributed by atoms with E-state index in [1.54, 1.807) is 62.4 Å². The number of carbonyl (C=O) groups excluding carboxylic acids is 4. The van der Waals surface area contributed by atoms with Crippen molar-refractivity contribution in [3.05, 3.63) is 59.7 Å². The summed E-state index contributed by atoms with van der Waals surface area (Å²) < 4.78 is 15.4. The Bertz CT molecular complexity index is 996. The number of methoxy groups -OCH3 is 1. The van der Waals surface area contributed by atoms with Crippen molar-refractivity contribution in [2.75, 3.05) is 25.2 Å². The van der Waals surface area contributed by atoms with E-state index in [4.69, 9.17) is 14.2 Å². The van der Waals surface area contributed by atoms with Gasteiger partial charge in [0.25, 0.3) is 0 Å². The van der Waals surface area contributed by atoms with Crippen LogP contribution in [0.5, 0.6) is 5.75 Å². The molecule has 0 radical (unpaired) electrons. The van der Waals surface area contributed by atoms with Crippen molar-refractivity contribution in [1.29, 1.82) is 0 Å². The van der Waals surface area contributed by atoms with E-state index in [1.807, 2.05) is 0 Å². The van der Waals surface area contributed by atoms with Crippen LogP contribution in [0.4, 0.5) is 5.69 Å². The number of amides is 1. The first kappa shape index (κ1) is 23.0. The Morgan fingerprint density at radius 2 is 1.62 bits per heavy atom. The van der Waals surface area contributed by atoms with Crippen molar-refractivity contribution in [3.8, 4) is 5.75 Å². The molecule has 1 aliphatic rings. The zero-order chi connectivity index (χ0) is 23.3. The Balaban J connectivity index is 1.55. The van der Waals surface area contributed by atoms with Gasteiger partial charge in [0.1, 0.15) is 5.75 Å². The molecule has 1 heterocycles. The van der Waals surface area contributed by atoms with Gasteiger partial charge in [-0.3, -0.25) is 14.4 Å². The van der Waals surface area contributed by atoms with E-state index < -0.39 is 24.5 Å². The summed E-state index contributed by atoms with van der Waals surface area (Å²) in [5.74, 6) is -1.66. The Morgan fingerprint density at radius 3 is 2.22 bits per heavy atom. The van der Waals surface area contributed by atoms with Gasteiger partial charge >= 0.3 is 11.9 Å². The summed E-state index contributed by atoms with van der Waals surface area (Å²) in [5, 5.41) is 0. The molecule has 0 bridgehead atoms. The summed E-state index contributed by atoms with van der Waals surface area (Å²) in [6.45, 7) is 3.27. The molecule has 2 aromatic carbocycles. The molecule has 168 valence electrons. The minimum Gasteiger partial charge on any atom is -0.497 e. The number of hydrogen-bond donors (Lipinski definition) is 0.